The van der Waals surface area contributed by atoms with Crippen LogP contribution in [0.2, 0.25) is 0 Å². The van der Waals surface area contributed by atoms with E-state index in [2.05, 4.69) is 4.72 Å². The van der Waals surface area contributed by atoms with Gasteiger partial charge in [-0.2, -0.15) is 0 Å². The van der Waals surface area contributed by atoms with Crippen LogP contribution >= 0.6 is 0 Å². The number of hydrogen-bond donors (Lipinski definition) is 1. The second-order valence-corrected chi connectivity index (χ2v) is 5.81. The maximum Gasteiger partial charge on any atom is 0.262 e. The first-order valence-corrected chi connectivity index (χ1v) is 7.45. The van der Waals surface area contributed by atoms with Crippen molar-refractivity contribution in [2.75, 3.05) is 18.9 Å². The Morgan fingerprint density at radius 1 is 1.05 bits per heavy atom. The number of rotatable bonds is 5. The Bertz CT molecular complexity index is 746. The molecule has 21 heavy (non-hydrogen) atoms. The van der Waals surface area contributed by atoms with Gasteiger partial charge in [0.1, 0.15) is 17.3 Å². The number of halogens is 1. The topological polar surface area (TPSA) is 64.6 Å². The van der Waals surface area contributed by atoms with Crippen molar-refractivity contribution in [2.45, 2.75) is 4.90 Å². The van der Waals surface area contributed by atoms with E-state index in [1.807, 2.05) is 0 Å². The van der Waals surface area contributed by atoms with Crippen molar-refractivity contribution in [3.05, 3.63) is 48.3 Å². The lowest BCUT2D eigenvalue weighted by Gasteiger charge is -2.13. The zero-order chi connectivity index (χ0) is 15.5. The van der Waals surface area contributed by atoms with Gasteiger partial charge in [-0.15, -0.1) is 0 Å². The molecule has 7 heteroatoms. The number of sulfonamides is 1. The van der Waals surface area contributed by atoms with Gasteiger partial charge in [-0.1, -0.05) is 6.07 Å². The quantitative estimate of drug-likeness (QED) is 0.922. The smallest absolute Gasteiger partial charge is 0.262 e. The average Bonchev–Trinajstić information content (AvgIpc) is 2.47. The summed E-state index contributed by atoms with van der Waals surface area (Å²) < 4.78 is 50.1. The molecule has 0 bridgehead atoms. The molecule has 0 saturated heterocycles. The van der Waals surface area contributed by atoms with E-state index < -0.39 is 15.8 Å². The molecule has 2 rings (SSSR count). The Labute approximate surface area is 122 Å². The van der Waals surface area contributed by atoms with Crippen molar-refractivity contribution in [3.8, 4) is 11.5 Å². The third-order valence-corrected chi connectivity index (χ3v) is 4.12. The van der Waals surface area contributed by atoms with Crippen LogP contribution in [0.25, 0.3) is 0 Å². The van der Waals surface area contributed by atoms with Gasteiger partial charge >= 0.3 is 0 Å². The summed E-state index contributed by atoms with van der Waals surface area (Å²) in [5, 5.41) is 0. The highest BCUT2D eigenvalue weighted by molar-refractivity contribution is 7.92. The maximum absolute atomic E-state index is 13.1. The Balaban J connectivity index is 2.37. The normalized spacial score (nSPS) is 11.0. The van der Waals surface area contributed by atoms with Crippen LogP contribution in [0.1, 0.15) is 0 Å². The first-order valence-electron chi connectivity index (χ1n) is 5.96. The average molecular weight is 311 g/mol. The molecule has 0 aliphatic rings. The van der Waals surface area contributed by atoms with Crippen LogP contribution in [0, 0.1) is 5.82 Å². The summed E-state index contributed by atoms with van der Waals surface area (Å²) in [7, 11) is -0.996. The lowest BCUT2D eigenvalue weighted by Crippen LogP contribution is -2.13. The monoisotopic (exact) mass is 311 g/mol. The van der Waals surface area contributed by atoms with Gasteiger partial charge in [-0.05, 0) is 30.3 Å². The van der Waals surface area contributed by atoms with Crippen LogP contribution in [0.4, 0.5) is 10.1 Å². The van der Waals surface area contributed by atoms with Gasteiger partial charge in [-0.25, -0.2) is 12.8 Å². The number of nitrogens with one attached hydrogen (secondary N) is 1. The van der Waals surface area contributed by atoms with Crippen LogP contribution < -0.4 is 14.2 Å². The molecule has 0 saturated carbocycles. The number of benzene rings is 2. The van der Waals surface area contributed by atoms with Crippen LogP contribution in [0.5, 0.6) is 11.5 Å². The Kier molecular flexibility index (Phi) is 4.32. The van der Waals surface area contributed by atoms with Crippen molar-refractivity contribution < 1.29 is 22.3 Å². The summed E-state index contributed by atoms with van der Waals surface area (Å²) in [5.41, 5.74) is 0.238. The summed E-state index contributed by atoms with van der Waals surface area (Å²) in [6.07, 6.45) is 0. The molecule has 0 heterocycles. The van der Waals surface area contributed by atoms with E-state index in [0.717, 1.165) is 6.07 Å². The van der Waals surface area contributed by atoms with Crippen molar-refractivity contribution in [2.24, 2.45) is 0 Å². The zero-order valence-electron chi connectivity index (χ0n) is 11.5. The molecular weight excluding hydrogens is 297 g/mol. The molecular formula is C14H14FNO4S. The van der Waals surface area contributed by atoms with Crippen molar-refractivity contribution in [3.63, 3.8) is 0 Å². The molecule has 0 radical (unpaired) electrons. The summed E-state index contributed by atoms with van der Waals surface area (Å²) in [6, 6.07) is 9.39. The highest BCUT2D eigenvalue weighted by Crippen LogP contribution is 2.30. The Hall–Kier alpha value is -2.28. The van der Waals surface area contributed by atoms with Gasteiger partial charge in [-0.3, -0.25) is 4.72 Å². The zero-order valence-corrected chi connectivity index (χ0v) is 12.3. The number of methoxy groups -OCH3 is 2. The van der Waals surface area contributed by atoms with Gasteiger partial charge in [0.25, 0.3) is 10.0 Å². The van der Waals surface area contributed by atoms with E-state index in [-0.39, 0.29) is 10.6 Å². The molecule has 0 unspecified atom stereocenters. The van der Waals surface area contributed by atoms with E-state index >= 15 is 0 Å². The lowest BCUT2D eigenvalue weighted by molar-refractivity contribution is 0.395. The fraction of sp³-hybridized carbons (Fsp3) is 0.143. The SMILES string of the molecule is COc1ccc(NS(=O)(=O)c2cccc(F)c2)c(OC)c1. The van der Waals surface area contributed by atoms with Gasteiger partial charge in [0.15, 0.2) is 0 Å². The van der Waals surface area contributed by atoms with E-state index in [4.69, 9.17) is 9.47 Å². The van der Waals surface area contributed by atoms with Crippen LogP contribution in [0.3, 0.4) is 0 Å². The lowest BCUT2D eigenvalue weighted by atomic mass is 10.3. The molecule has 0 spiro atoms. The number of anilines is 1. The van der Waals surface area contributed by atoms with Crippen LogP contribution in [-0.2, 0) is 10.0 Å². The van der Waals surface area contributed by atoms with Crippen LogP contribution in [-0.4, -0.2) is 22.6 Å². The maximum atomic E-state index is 13.1. The summed E-state index contributed by atoms with van der Waals surface area (Å²) in [4.78, 5) is -0.166. The molecule has 0 fully saturated rings. The molecule has 2 aromatic rings. The van der Waals surface area contributed by atoms with Gasteiger partial charge in [0.05, 0.1) is 24.8 Å². The largest absolute Gasteiger partial charge is 0.497 e. The molecule has 1 N–H and O–H groups in total. The van der Waals surface area contributed by atoms with Crippen molar-refractivity contribution in [1.29, 1.82) is 0 Å². The minimum absolute atomic E-state index is 0.166. The fourth-order valence-electron chi connectivity index (χ4n) is 1.72. The molecule has 0 aliphatic carbocycles. The predicted octanol–water partition coefficient (Wildman–Crippen LogP) is 2.64. The second kappa shape index (κ2) is 6.01. The first kappa shape index (κ1) is 15.1. The predicted molar refractivity (Wildman–Crippen MR) is 76.8 cm³/mol. The molecule has 0 amide bonds. The highest BCUT2D eigenvalue weighted by Gasteiger charge is 2.17. The summed E-state index contributed by atoms with van der Waals surface area (Å²) >= 11 is 0. The molecule has 0 aromatic heterocycles. The minimum Gasteiger partial charge on any atom is -0.497 e. The summed E-state index contributed by atoms with van der Waals surface area (Å²) in [5.74, 6) is 0.203. The van der Waals surface area contributed by atoms with E-state index in [9.17, 15) is 12.8 Å². The van der Waals surface area contributed by atoms with E-state index in [0.29, 0.717) is 11.5 Å². The Morgan fingerprint density at radius 2 is 1.81 bits per heavy atom. The van der Waals surface area contributed by atoms with Gasteiger partial charge in [0, 0.05) is 6.07 Å². The minimum atomic E-state index is -3.90. The highest BCUT2D eigenvalue weighted by atomic mass is 32.2. The van der Waals surface area contributed by atoms with Crippen LogP contribution in [0.15, 0.2) is 47.4 Å². The van der Waals surface area contributed by atoms with Gasteiger partial charge in [0.2, 0.25) is 0 Å². The molecule has 0 aliphatic heterocycles. The molecule has 2 aromatic carbocycles. The summed E-state index contributed by atoms with van der Waals surface area (Å²) in [6.45, 7) is 0. The third-order valence-electron chi connectivity index (χ3n) is 2.76. The van der Waals surface area contributed by atoms with Gasteiger partial charge < -0.3 is 9.47 Å². The molecule has 5 nitrogen and oxygen atoms in total. The van der Waals surface area contributed by atoms with Crippen molar-refractivity contribution in [1.82, 2.24) is 0 Å². The third kappa shape index (κ3) is 3.43. The first-order chi connectivity index (χ1) is 9.96. The number of ether oxygens (including phenoxy) is 2. The van der Waals surface area contributed by atoms with Crippen molar-refractivity contribution >= 4 is 15.7 Å². The fourth-order valence-corrected chi connectivity index (χ4v) is 2.82. The van der Waals surface area contributed by atoms with E-state index in [1.165, 1.54) is 38.5 Å². The standard InChI is InChI=1S/C14H14FNO4S/c1-19-11-6-7-13(14(9-11)20-2)16-21(17,18)12-5-3-4-10(15)8-12/h3-9,16H,1-2H3. The van der Waals surface area contributed by atoms with E-state index in [1.54, 1.807) is 12.1 Å². The molecule has 112 valence electrons. The number of hydrogen-bond acceptors (Lipinski definition) is 4. The second-order valence-electron chi connectivity index (χ2n) is 4.13. The molecule has 0 atom stereocenters. The Morgan fingerprint density at radius 3 is 2.43 bits per heavy atom.